The van der Waals surface area contributed by atoms with Gasteiger partial charge in [0.1, 0.15) is 0 Å². The van der Waals surface area contributed by atoms with Crippen LogP contribution in [0.4, 0.5) is 13.2 Å². The predicted octanol–water partition coefficient (Wildman–Crippen LogP) is 2.86. The second-order valence-electron chi connectivity index (χ2n) is 6.65. The van der Waals surface area contributed by atoms with Gasteiger partial charge in [-0.25, -0.2) is 0 Å². The maximum absolute atomic E-state index is 12.0. The van der Waals surface area contributed by atoms with E-state index in [1.165, 1.54) is 0 Å². The molecular formula is C14H25F3N2O. The van der Waals surface area contributed by atoms with E-state index in [-0.39, 0.29) is 23.9 Å². The summed E-state index contributed by atoms with van der Waals surface area (Å²) in [5.41, 5.74) is 0.0950. The van der Waals surface area contributed by atoms with Crippen LogP contribution >= 0.6 is 0 Å². The molecule has 2 unspecified atom stereocenters. The Bertz CT molecular complexity index is 323. The lowest BCUT2D eigenvalue weighted by atomic mass is 9.69. The van der Waals surface area contributed by atoms with Crippen LogP contribution in [0, 0.1) is 11.3 Å². The smallest absolute Gasteiger partial charge is 0.352 e. The summed E-state index contributed by atoms with van der Waals surface area (Å²) in [5, 5.41) is 5.02. The largest absolute Gasteiger partial charge is 0.401 e. The summed E-state index contributed by atoms with van der Waals surface area (Å²) in [5.74, 6) is 0.0261. The minimum atomic E-state index is -4.28. The molecule has 2 N–H and O–H groups in total. The number of rotatable bonds is 4. The Hall–Kier alpha value is -0.780. The lowest BCUT2D eigenvalue weighted by molar-refractivity contribution is -0.129. The summed E-state index contributed by atoms with van der Waals surface area (Å²) in [7, 11) is 0. The van der Waals surface area contributed by atoms with Gasteiger partial charge in [0.15, 0.2) is 0 Å². The Morgan fingerprint density at radius 3 is 2.30 bits per heavy atom. The van der Waals surface area contributed by atoms with Gasteiger partial charge in [-0.15, -0.1) is 0 Å². The Morgan fingerprint density at radius 1 is 1.15 bits per heavy atom. The summed E-state index contributed by atoms with van der Waals surface area (Å²) >= 11 is 0. The zero-order chi connectivity index (χ0) is 15.4. The summed E-state index contributed by atoms with van der Waals surface area (Å²) in [4.78, 5) is 11.7. The molecule has 0 aromatic carbocycles. The standard InChI is InChI=1S/C14H25F3N2O/c1-13(2,3)10-6-4-5-7-11(10)19-12(20)8-18-9-14(15,16)17/h10-11,18H,4-9H2,1-3H3,(H,19,20). The molecule has 1 rings (SSSR count). The summed E-state index contributed by atoms with van der Waals surface area (Å²) < 4.78 is 36.0. The molecule has 20 heavy (non-hydrogen) atoms. The highest BCUT2D eigenvalue weighted by molar-refractivity contribution is 5.78. The van der Waals surface area contributed by atoms with Crippen LogP contribution in [0.2, 0.25) is 0 Å². The van der Waals surface area contributed by atoms with Crippen molar-refractivity contribution in [2.24, 2.45) is 11.3 Å². The van der Waals surface area contributed by atoms with Gasteiger partial charge in [-0.2, -0.15) is 13.2 Å². The molecular weight excluding hydrogens is 269 g/mol. The monoisotopic (exact) mass is 294 g/mol. The van der Waals surface area contributed by atoms with Crippen molar-refractivity contribution >= 4 is 5.91 Å². The van der Waals surface area contributed by atoms with Crippen molar-refractivity contribution in [2.45, 2.75) is 58.7 Å². The van der Waals surface area contributed by atoms with Crippen LogP contribution < -0.4 is 10.6 Å². The normalized spacial score (nSPS) is 24.5. The average Bonchev–Trinajstić information content (AvgIpc) is 2.26. The van der Waals surface area contributed by atoms with E-state index in [0.29, 0.717) is 5.92 Å². The first-order valence-corrected chi connectivity index (χ1v) is 7.16. The van der Waals surface area contributed by atoms with E-state index in [1.807, 2.05) is 0 Å². The third kappa shape index (κ3) is 6.11. The molecule has 6 heteroatoms. The second kappa shape index (κ2) is 6.78. The SMILES string of the molecule is CC(C)(C)C1CCCCC1NC(=O)CNCC(F)(F)F. The summed E-state index contributed by atoms with van der Waals surface area (Å²) in [6.45, 7) is 5.01. The topological polar surface area (TPSA) is 41.1 Å². The molecule has 1 saturated carbocycles. The van der Waals surface area contributed by atoms with E-state index in [1.54, 1.807) is 0 Å². The molecule has 1 aliphatic rings. The number of alkyl halides is 3. The quantitative estimate of drug-likeness (QED) is 0.837. The average molecular weight is 294 g/mol. The van der Waals surface area contributed by atoms with Crippen LogP contribution in [0.1, 0.15) is 46.5 Å². The maximum Gasteiger partial charge on any atom is 0.401 e. The lowest BCUT2D eigenvalue weighted by Crippen LogP contribution is -2.49. The Labute approximate surface area is 118 Å². The number of carbonyl (C=O) groups is 1. The minimum absolute atomic E-state index is 0.0731. The molecule has 1 aliphatic carbocycles. The molecule has 1 amide bonds. The molecule has 2 atom stereocenters. The third-order valence-electron chi connectivity index (χ3n) is 3.84. The van der Waals surface area contributed by atoms with Crippen LogP contribution in [0.5, 0.6) is 0 Å². The molecule has 0 spiro atoms. The molecule has 3 nitrogen and oxygen atoms in total. The molecule has 1 fully saturated rings. The molecule has 0 aromatic heterocycles. The zero-order valence-electron chi connectivity index (χ0n) is 12.4. The Balaban J connectivity index is 2.43. The zero-order valence-corrected chi connectivity index (χ0v) is 12.4. The van der Waals surface area contributed by atoms with Gasteiger partial charge in [0, 0.05) is 6.04 Å². The van der Waals surface area contributed by atoms with Gasteiger partial charge in [0.05, 0.1) is 13.1 Å². The third-order valence-corrected chi connectivity index (χ3v) is 3.84. The molecule has 0 radical (unpaired) electrons. The molecule has 118 valence electrons. The van der Waals surface area contributed by atoms with Gasteiger partial charge in [-0.1, -0.05) is 33.6 Å². The van der Waals surface area contributed by atoms with Gasteiger partial charge in [0.2, 0.25) is 5.91 Å². The van der Waals surface area contributed by atoms with Crippen molar-refractivity contribution < 1.29 is 18.0 Å². The van der Waals surface area contributed by atoms with Crippen LogP contribution in [0.25, 0.3) is 0 Å². The number of nitrogens with one attached hydrogen (secondary N) is 2. The molecule has 0 heterocycles. The number of halogens is 3. The van der Waals surface area contributed by atoms with Gasteiger partial charge in [-0.05, 0) is 24.2 Å². The van der Waals surface area contributed by atoms with E-state index in [2.05, 4.69) is 31.4 Å². The highest BCUT2D eigenvalue weighted by Gasteiger charge is 2.35. The fraction of sp³-hybridized carbons (Fsp3) is 0.929. The number of hydrogen-bond acceptors (Lipinski definition) is 2. The van der Waals surface area contributed by atoms with Gasteiger partial charge < -0.3 is 10.6 Å². The van der Waals surface area contributed by atoms with Gasteiger partial charge in [-0.3, -0.25) is 4.79 Å². The molecule has 0 aromatic rings. The van der Waals surface area contributed by atoms with Crippen molar-refractivity contribution in [1.29, 1.82) is 0 Å². The van der Waals surface area contributed by atoms with E-state index >= 15 is 0 Å². The van der Waals surface area contributed by atoms with Gasteiger partial charge >= 0.3 is 6.18 Å². The van der Waals surface area contributed by atoms with Crippen LogP contribution in [0.15, 0.2) is 0 Å². The number of hydrogen-bond donors (Lipinski definition) is 2. The first-order chi connectivity index (χ1) is 9.09. The van der Waals surface area contributed by atoms with E-state index < -0.39 is 12.7 Å². The van der Waals surface area contributed by atoms with E-state index in [0.717, 1.165) is 25.7 Å². The Morgan fingerprint density at radius 2 is 1.75 bits per heavy atom. The van der Waals surface area contributed by atoms with Gasteiger partial charge in [0.25, 0.3) is 0 Å². The van der Waals surface area contributed by atoms with Crippen molar-refractivity contribution in [3.63, 3.8) is 0 Å². The molecule has 0 bridgehead atoms. The second-order valence-corrected chi connectivity index (χ2v) is 6.65. The number of carbonyl (C=O) groups excluding carboxylic acids is 1. The molecule has 0 saturated heterocycles. The summed E-state index contributed by atoms with van der Waals surface area (Å²) in [6.07, 6.45) is -0.0927. The fourth-order valence-electron chi connectivity index (χ4n) is 2.92. The van der Waals surface area contributed by atoms with Crippen molar-refractivity contribution in [3.05, 3.63) is 0 Å². The predicted molar refractivity (Wildman–Crippen MR) is 72.3 cm³/mol. The minimum Gasteiger partial charge on any atom is -0.352 e. The van der Waals surface area contributed by atoms with Crippen molar-refractivity contribution in [1.82, 2.24) is 10.6 Å². The van der Waals surface area contributed by atoms with E-state index in [4.69, 9.17) is 0 Å². The van der Waals surface area contributed by atoms with Crippen LogP contribution in [-0.4, -0.2) is 31.2 Å². The number of amides is 1. The molecule has 0 aliphatic heterocycles. The van der Waals surface area contributed by atoms with Crippen molar-refractivity contribution in [2.75, 3.05) is 13.1 Å². The van der Waals surface area contributed by atoms with Crippen LogP contribution in [-0.2, 0) is 4.79 Å². The Kier molecular flexibility index (Phi) is 5.86. The highest BCUT2D eigenvalue weighted by Crippen LogP contribution is 2.37. The maximum atomic E-state index is 12.0. The highest BCUT2D eigenvalue weighted by atomic mass is 19.4. The lowest BCUT2D eigenvalue weighted by Gasteiger charge is -2.40. The first-order valence-electron chi connectivity index (χ1n) is 7.16. The van der Waals surface area contributed by atoms with Crippen molar-refractivity contribution in [3.8, 4) is 0 Å². The van der Waals surface area contributed by atoms with Crippen LogP contribution in [0.3, 0.4) is 0 Å². The summed E-state index contributed by atoms with van der Waals surface area (Å²) in [6, 6.07) is 0.0731. The first kappa shape index (κ1) is 17.3. The fourth-order valence-corrected chi connectivity index (χ4v) is 2.92. The van der Waals surface area contributed by atoms with E-state index in [9.17, 15) is 18.0 Å².